The molecule has 1 heterocycles. The Hall–Kier alpha value is -0.950. The molecule has 0 spiro atoms. The van der Waals surface area contributed by atoms with E-state index in [2.05, 4.69) is 6.92 Å². The van der Waals surface area contributed by atoms with E-state index in [9.17, 15) is 0 Å². The minimum absolute atomic E-state index is 0.696. The first-order valence-corrected chi connectivity index (χ1v) is 3.64. The van der Waals surface area contributed by atoms with E-state index in [-0.39, 0.29) is 0 Å². The lowest BCUT2D eigenvalue weighted by Gasteiger charge is -1.91. The van der Waals surface area contributed by atoms with Crippen molar-refractivity contribution < 1.29 is 4.42 Å². The van der Waals surface area contributed by atoms with Crippen LogP contribution in [0.1, 0.15) is 5.56 Å². The molecule has 0 aliphatic rings. The summed E-state index contributed by atoms with van der Waals surface area (Å²) < 4.78 is 5.18. The quantitative estimate of drug-likeness (QED) is 0.584. The Labute approximate surface area is 69.6 Å². The van der Waals surface area contributed by atoms with Gasteiger partial charge in [-0.25, -0.2) is 0 Å². The van der Waals surface area contributed by atoms with E-state index >= 15 is 0 Å². The van der Waals surface area contributed by atoms with Crippen LogP contribution in [0.15, 0.2) is 28.9 Å². The summed E-state index contributed by atoms with van der Waals surface area (Å²) in [7, 11) is 0. The highest BCUT2D eigenvalue weighted by atomic mass is 35.5. The Morgan fingerprint density at radius 3 is 2.91 bits per heavy atom. The van der Waals surface area contributed by atoms with Crippen molar-refractivity contribution in [3.63, 3.8) is 0 Å². The lowest BCUT2D eigenvalue weighted by Crippen LogP contribution is -1.68. The Morgan fingerprint density at radius 1 is 1.36 bits per heavy atom. The molecule has 2 rings (SSSR count). The second-order valence-corrected chi connectivity index (χ2v) is 2.78. The van der Waals surface area contributed by atoms with Crippen LogP contribution in [0.2, 0.25) is 5.02 Å². The zero-order valence-corrected chi connectivity index (χ0v) is 6.56. The maximum absolute atomic E-state index is 5.90. The van der Waals surface area contributed by atoms with Gasteiger partial charge in [-0.2, -0.15) is 0 Å². The second kappa shape index (κ2) is 2.28. The first kappa shape index (κ1) is 6.74. The molecule has 2 aromatic rings. The van der Waals surface area contributed by atoms with Gasteiger partial charge in [-0.05, 0) is 19.1 Å². The van der Waals surface area contributed by atoms with Gasteiger partial charge >= 0.3 is 0 Å². The van der Waals surface area contributed by atoms with Gasteiger partial charge in [-0.15, -0.1) is 0 Å². The number of furan rings is 1. The van der Waals surface area contributed by atoms with Crippen LogP contribution < -0.4 is 0 Å². The van der Waals surface area contributed by atoms with Crippen LogP contribution in [0.4, 0.5) is 0 Å². The van der Waals surface area contributed by atoms with Crippen molar-refractivity contribution in [2.45, 2.75) is 0 Å². The summed E-state index contributed by atoms with van der Waals surface area (Å²) in [6.07, 6.45) is 1.61. The van der Waals surface area contributed by atoms with E-state index in [0.717, 1.165) is 16.5 Å². The van der Waals surface area contributed by atoms with Crippen LogP contribution in [0.25, 0.3) is 11.0 Å². The highest BCUT2D eigenvalue weighted by Gasteiger charge is 2.03. The van der Waals surface area contributed by atoms with E-state index in [1.54, 1.807) is 6.26 Å². The molecule has 0 atom stereocenters. The van der Waals surface area contributed by atoms with Crippen molar-refractivity contribution in [1.82, 2.24) is 0 Å². The zero-order valence-electron chi connectivity index (χ0n) is 5.80. The van der Waals surface area contributed by atoms with Gasteiger partial charge in [0.05, 0.1) is 11.3 Å². The molecule has 0 bridgehead atoms. The van der Waals surface area contributed by atoms with Crippen molar-refractivity contribution in [2.24, 2.45) is 0 Å². The fraction of sp³-hybridized carbons (Fsp3) is 0. The fourth-order valence-corrected chi connectivity index (χ4v) is 1.39. The number of rotatable bonds is 0. The Bertz CT molecular complexity index is 389. The lowest BCUT2D eigenvalue weighted by atomic mass is 10.2. The third kappa shape index (κ3) is 0.925. The molecule has 2 heteroatoms. The van der Waals surface area contributed by atoms with Gasteiger partial charge in [-0.1, -0.05) is 17.7 Å². The second-order valence-electron chi connectivity index (χ2n) is 2.37. The van der Waals surface area contributed by atoms with Gasteiger partial charge in [0, 0.05) is 10.9 Å². The van der Waals surface area contributed by atoms with Gasteiger partial charge in [0.15, 0.2) is 0 Å². The van der Waals surface area contributed by atoms with Crippen LogP contribution in [0, 0.1) is 6.92 Å². The largest absolute Gasteiger partial charge is 0.464 e. The van der Waals surface area contributed by atoms with Crippen molar-refractivity contribution in [2.75, 3.05) is 0 Å². The first-order chi connectivity index (χ1) is 5.29. The summed E-state index contributed by atoms with van der Waals surface area (Å²) in [5.74, 6) is 0. The summed E-state index contributed by atoms with van der Waals surface area (Å²) in [6, 6.07) is 5.55. The molecular weight excluding hydrogens is 160 g/mol. The molecule has 1 aromatic heterocycles. The average Bonchev–Trinajstić information content (AvgIpc) is 2.34. The normalized spacial score (nSPS) is 10.7. The highest BCUT2D eigenvalue weighted by molar-refractivity contribution is 6.35. The number of hydrogen-bond acceptors (Lipinski definition) is 1. The maximum Gasteiger partial charge on any atom is 0.135 e. The molecule has 0 saturated carbocycles. The van der Waals surface area contributed by atoms with Crippen LogP contribution in [-0.4, -0.2) is 0 Å². The average molecular weight is 166 g/mol. The topological polar surface area (TPSA) is 13.1 Å². The van der Waals surface area contributed by atoms with Gasteiger partial charge in [0.1, 0.15) is 5.58 Å². The standard InChI is InChI=1S/C9H6ClO/c1-6-5-11-8-4-2-3-7(10)9(6)8/h2-5H,1H2. The SMILES string of the molecule is [CH2]c1coc2cccc(Cl)c12. The fourth-order valence-electron chi connectivity index (χ4n) is 1.11. The van der Waals surface area contributed by atoms with Crippen LogP contribution in [-0.2, 0) is 0 Å². The van der Waals surface area contributed by atoms with Crippen molar-refractivity contribution in [1.29, 1.82) is 0 Å². The molecular formula is C9H6ClO. The lowest BCUT2D eigenvalue weighted by molar-refractivity contribution is 0.614. The monoisotopic (exact) mass is 165 g/mol. The minimum Gasteiger partial charge on any atom is -0.464 e. The number of benzene rings is 1. The molecule has 0 aliphatic carbocycles. The third-order valence-corrected chi connectivity index (χ3v) is 1.94. The molecule has 55 valence electrons. The van der Waals surface area contributed by atoms with Crippen LogP contribution in [0.3, 0.4) is 0 Å². The molecule has 0 aliphatic heterocycles. The van der Waals surface area contributed by atoms with Crippen molar-refractivity contribution >= 4 is 22.6 Å². The molecule has 1 nitrogen and oxygen atoms in total. The molecule has 1 aromatic carbocycles. The summed E-state index contributed by atoms with van der Waals surface area (Å²) in [5, 5.41) is 1.61. The van der Waals surface area contributed by atoms with E-state index in [0.29, 0.717) is 5.02 Å². The first-order valence-electron chi connectivity index (χ1n) is 3.27. The summed E-state index contributed by atoms with van der Waals surface area (Å²) in [4.78, 5) is 0. The molecule has 0 unspecified atom stereocenters. The molecule has 0 saturated heterocycles. The van der Waals surface area contributed by atoms with E-state index in [4.69, 9.17) is 16.0 Å². The number of hydrogen-bond donors (Lipinski definition) is 0. The third-order valence-electron chi connectivity index (χ3n) is 1.62. The number of halogens is 1. The van der Waals surface area contributed by atoms with Crippen molar-refractivity contribution in [3.05, 3.63) is 42.0 Å². The predicted molar refractivity (Wildman–Crippen MR) is 45.7 cm³/mol. The maximum atomic E-state index is 5.90. The zero-order chi connectivity index (χ0) is 7.84. The molecule has 0 amide bonds. The van der Waals surface area contributed by atoms with Crippen molar-refractivity contribution in [3.8, 4) is 0 Å². The Morgan fingerprint density at radius 2 is 2.18 bits per heavy atom. The van der Waals surface area contributed by atoms with E-state index < -0.39 is 0 Å². The molecule has 0 N–H and O–H groups in total. The van der Waals surface area contributed by atoms with Gasteiger partial charge in [0.25, 0.3) is 0 Å². The summed E-state index contributed by atoms with van der Waals surface area (Å²) in [6.45, 7) is 3.79. The van der Waals surface area contributed by atoms with Gasteiger partial charge in [0.2, 0.25) is 0 Å². The predicted octanol–water partition coefficient (Wildman–Crippen LogP) is 3.27. The van der Waals surface area contributed by atoms with E-state index in [1.165, 1.54) is 0 Å². The van der Waals surface area contributed by atoms with Gasteiger partial charge in [-0.3, -0.25) is 0 Å². The molecule has 0 fully saturated rings. The van der Waals surface area contributed by atoms with E-state index in [1.807, 2.05) is 18.2 Å². The smallest absolute Gasteiger partial charge is 0.135 e. The Balaban J connectivity index is 2.96. The van der Waals surface area contributed by atoms with Gasteiger partial charge < -0.3 is 4.42 Å². The molecule has 11 heavy (non-hydrogen) atoms. The summed E-state index contributed by atoms with van der Waals surface area (Å²) >= 11 is 5.90. The highest BCUT2D eigenvalue weighted by Crippen LogP contribution is 2.27. The van der Waals surface area contributed by atoms with Crippen LogP contribution >= 0.6 is 11.6 Å². The summed E-state index contributed by atoms with van der Waals surface area (Å²) in [5.41, 5.74) is 1.63. The Kier molecular flexibility index (Phi) is 1.40. The number of fused-ring (bicyclic) bond motifs is 1. The van der Waals surface area contributed by atoms with Crippen LogP contribution in [0.5, 0.6) is 0 Å². The minimum atomic E-state index is 0.696. The molecule has 1 radical (unpaired) electrons.